The van der Waals surface area contributed by atoms with Crippen molar-refractivity contribution in [3.63, 3.8) is 0 Å². The van der Waals surface area contributed by atoms with Crippen LogP contribution in [-0.2, 0) is 17.0 Å². The first-order chi connectivity index (χ1) is 11.6. The third-order valence-corrected chi connectivity index (χ3v) is 7.43. The van der Waals surface area contributed by atoms with Crippen LogP contribution in [0.4, 0.5) is 0 Å². The molecule has 2 aliphatic rings. The molecular weight excluding hydrogens is 419 g/mol. The molecule has 0 aromatic heterocycles. The number of nitrogens with zero attached hydrogens (tertiary/aromatic N) is 2. The van der Waals surface area contributed by atoms with Crippen molar-refractivity contribution < 1.29 is 17.0 Å². The molecule has 2 rings (SSSR count). The summed E-state index contributed by atoms with van der Waals surface area (Å²) < 4.78 is 0. The zero-order chi connectivity index (χ0) is 19.1. The summed E-state index contributed by atoms with van der Waals surface area (Å²) in [5.41, 5.74) is 0. The summed E-state index contributed by atoms with van der Waals surface area (Å²) in [5, 5.41) is 0. The van der Waals surface area contributed by atoms with Gasteiger partial charge in [-0.3, -0.25) is 0 Å². The number of hydrogen-bond donors (Lipinski definition) is 0. The van der Waals surface area contributed by atoms with E-state index in [9.17, 15) is 0 Å². The molecule has 7 heteroatoms. The molecule has 4 unspecified atom stereocenters. The first-order valence-electron chi connectivity index (χ1n) is 9.97. The molecule has 148 valence electrons. The van der Waals surface area contributed by atoms with E-state index in [2.05, 4.69) is 39.3 Å². The summed E-state index contributed by atoms with van der Waals surface area (Å²) in [6.07, 6.45) is 11.2. The van der Waals surface area contributed by atoms with E-state index in [-0.39, 0.29) is 0 Å². The minimum atomic E-state index is -1.32. The Hall–Kier alpha value is 1.65. The molecule has 0 heterocycles. The van der Waals surface area contributed by atoms with Crippen LogP contribution in [0.3, 0.4) is 0 Å². The van der Waals surface area contributed by atoms with Gasteiger partial charge in [0.1, 0.15) is 0 Å². The van der Waals surface area contributed by atoms with Gasteiger partial charge in [-0.1, -0.05) is 119 Å². The predicted molar refractivity (Wildman–Crippen MR) is 117 cm³/mol. The normalized spacial score (nSPS) is 31.0. The maximum absolute atomic E-state index is 5.36. The van der Waals surface area contributed by atoms with Crippen LogP contribution in [0.25, 0.3) is 9.96 Å². The Kier molecular flexibility index (Phi) is 11.5. The molecule has 2 fully saturated rings. The molecule has 0 aliphatic heterocycles. The van der Waals surface area contributed by atoms with E-state index >= 15 is 0 Å². The molecule has 0 aromatic rings. The van der Waals surface area contributed by atoms with Gasteiger partial charge in [0.15, 0.2) is 0 Å². The monoisotopic (exact) mass is 456 g/mol. The SMILES string of the molecule is C[Si](C)(C)[N-]C1CCCCC1C1CCCCC1[N-][Si](C)(C)C.[Cl][Ti][Cl]. The van der Waals surface area contributed by atoms with E-state index in [1.807, 2.05) is 0 Å². The van der Waals surface area contributed by atoms with Crippen LogP contribution in [0.2, 0.25) is 39.3 Å². The van der Waals surface area contributed by atoms with Crippen molar-refractivity contribution in [1.29, 1.82) is 0 Å². The average Bonchev–Trinajstić information content (AvgIpc) is 2.46. The van der Waals surface area contributed by atoms with Gasteiger partial charge < -0.3 is 9.96 Å². The van der Waals surface area contributed by atoms with Crippen molar-refractivity contribution in [3.8, 4) is 0 Å². The van der Waals surface area contributed by atoms with Gasteiger partial charge >= 0.3 is 35.6 Å². The van der Waals surface area contributed by atoms with Crippen molar-refractivity contribution in [1.82, 2.24) is 0 Å². The van der Waals surface area contributed by atoms with Crippen molar-refractivity contribution in [3.05, 3.63) is 9.96 Å². The van der Waals surface area contributed by atoms with Crippen molar-refractivity contribution in [2.45, 2.75) is 103 Å². The molecule has 0 aromatic carbocycles. The summed E-state index contributed by atoms with van der Waals surface area (Å²) >= 11 is -0.556. The van der Waals surface area contributed by atoms with Crippen LogP contribution in [0.1, 0.15) is 51.4 Å². The third-order valence-electron chi connectivity index (χ3n) is 5.22. The zero-order valence-corrected chi connectivity index (χ0v) is 22.2. The molecule has 0 bridgehead atoms. The van der Waals surface area contributed by atoms with E-state index in [0.29, 0.717) is 12.1 Å². The summed E-state index contributed by atoms with van der Waals surface area (Å²) in [7, 11) is 7.15. The third kappa shape index (κ3) is 10.1. The van der Waals surface area contributed by atoms with Gasteiger partial charge in [-0.05, 0) is 0 Å². The van der Waals surface area contributed by atoms with Gasteiger partial charge in [0.25, 0.3) is 0 Å². The van der Waals surface area contributed by atoms with Gasteiger partial charge in [-0.15, -0.1) is 12.1 Å². The van der Waals surface area contributed by atoms with Crippen molar-refractivity contribution in [2.75, 3.05) is 0 Å². The van der Waals surface area contributed by atoms with Crippen molar-refractivity contribution in [2.24, 2.45) is 11.8 Å². The molecular formula is C18H38Cl2N2Si2Ti-2. The van der Waals surface area contributed by atoms with Crippen LogP contribution in [-0.4, -0.2) is 28.6 Å². The molecule has 0 saturated heterocycles. The van der Waals surface area contributed by atoms with E-state index in [4.69, 9.17) is 28.6 Å². The summed E-state index contributed by atoms with van der Waals surface area (Å²) in [4.78, 5) is 10.7. The molecule has 0 amide bonds. The molecule has 25 heavy (non-hydrogen) atoms. The van der Waals surface area contributed by atoms with Crippen molar-refractivity contribution >= 4 is 35.1 Å². The summed E-state index contributed by atoms with van der Waals surface area (Å²) in [6, 6.07) is 1.31. The number of hydrogen-bond acceptors (Lipinski definition) is 0. The minimum absolute atomic E-state index is 0.556. The first-order valence-corrected chi connectivity index (χ1v) is 21.2. The quantitative estimate of drug-likeness (QED) is 0.376. The molecule has 2 saturated carbocycles. The first kappa shape index (κ1) is 24.7. The Morgan fingerprint density at radius 3 is 1.20 bits per heavy atom. The predicted octanol–water partition coefficient (Wildman–Crippen LogP) is 7.90. The van der Waals surface area contributed by atoms with Crippen LogP contribution in [0, 0.1) is 11.8 Å². The van der Waals surface area contributed by atoms with Gasteiger partial charge in [-0.2, -0.15) is 0 Å². The Bertz CT molecular complexity index is 341. The fraction of sp³-hybridized carbons (Fsp3) is 1.00. The number of halogens is 2. The van der Waals surface area contributed by atoms with Gasteiger partial charge in [-0.25, -0.2) is 0 Å². The zero-order valence-electron chi connectivity index (χ0n) is 17.1. The summed E-state index contributed by atoms with van der Waals surface area (Å²) in [6.45, 7) is 14.4. The second-order valence-corrected chi connectivity index (χ2v) is 21.5. The summed E-state index contributed by atoms with van der Waals surface area (Å²) in [5.74, 6) is 1.68. The Balaban J connectivity index is 0.000000970. The van der Waals surface area contributed by atoms with E-state index in [0.717, 1.165) is 11.8 Å². The topological polar surface area (TPSA) is 28.2 Å². The molecule has 4 atom stereocenters. The van der Waals surface area contributed by atoms with E-state index in [1.54, 1.807) is 0 Å². The van der Waals surface area contributed by atoms with Gasteiger partial charge in [0.2, 0.25) is 0 Å². The van der Waals surface area contributed by atoms with Gasteiger partial charge in [0, 0.05) is 0 Å². The van der Waals surface area contributed by atoms with Crippen LogP contribution < -0.4 is 0 Å². The molecule has 0 N–H and O–H groups in total. The second-order valence-electron chi connectivity index (χ2n) is 9.70. The Morgan fingerprint density at radius 1 is 0.640 bits per heavy atom. The second kappa shape index (κ2) is 11.6. The Morgan fingerprint density at radius 2 is 0.920 bits per heavy atom. The molecule has 0 radical (unpaired) electrons. The standard InChI is InChI=1S/C18H38N2Si2.2ClH.Ti/c1-21(2,3)19-17-13-9-7-11-15(17)16-12-8-10-14-18(16)20-22(4,5)6;;;/h15-18H,7-14H2,1-6H3;2*1H;/q-2;;;+2/p-2. The molecule has 2 nitrogen and oxygen atoms in total. The fourth-order valence-corrected chi connectivity index (χ4v) is 7.23. The fourth-order valence-electron chi connectivity index (χ4n) is 4.59. The number of rotatable bonds is 5. The van der Waals surface area contributed by atoms with Crippen LogP contribution in [0.15, 0.2) is 0 Å². The van der Waals surface area contributed by atoms with E-state index < -0.39 is 33.5 Å². The van der Waals surface area contributed by atoms with Gasteiger partial charge in [0.05, 0.1) is 0 Å². The van der Waals surface area contributed by atoms with E-state index in [1.165, 1.54) is 51.4 Å². The average molecular weight is 457 g/mol. The molecule has 2 aliphatic carbocycles. The van der Waals surface area contributed by atoms with Crippen LogP contribution in [0.5, 0.6) is 0 Å². The molecule has 0 spiro atoms. The maximum atomic E-state index is 5.36. The van der Waals surface area contributed by atoms with Crippen LogP contribution >= 0.6 is 18.6 Å². The Labute approximate surface area is 175 Å².